The summed E-state index contributed by atoms with van der Waals surface area (Å²) in [7, 11) is 4.11. The zero-order valence-electron chi connectivity index (χ0n) is 15.9. The van der Waals surface area contributed by atoms with E-state index < -0.39 is 5.54 Å². The molecule has 0 bridgehead atoms. The van der Waals surface area contributed by atoms with Gasteiger partial charge in [0, 0.05) is 31.6 Å². The van der Waals surface area contributed by atoms with Crippen molar-refractivity contribution < 1.29 is 14.6 Å². The summed E-state index contributed by atoms with van der Waals surface area (Å²) in [5.74, 6) is 0.186. The first-order valence-electron chi connectivity index (χ1n) is 9.46. The molecule has 0 spiro atoms. The SMILES string of the molecule is CN(C)C1CC(C(=O)NCC2(CO)COCCN2Cc2ccccc2)C1. The molecule has 0 aromatic heterocycles. The molecule has 144 valence electrons. The fourth-order valence-electron chi connectivity index (χ4n) is 3.80. The molecule has 1 aromatic carbocycles. The molecule has 26 heavy (non-hydrogen) atoms. The van der Waals surface area contributed by atoms with Crippen molar-refractivity contribution in [2.24, 2.45) is 5.92 Å². The van der Waals surface area contributed by atoms with Crippen LogP contribution in [0.4, 0.5) is 0 Å². The van der Waals surface area contributed by atoms with Crippen LogP contribution >= 0.6 is 0 Å². The largest absolute Gasteiger partial charge is 0.394 e. The quantitative estimate of drug-likeness (QED) is 0.749. The second-order valence-electron chi connectivity index (χ2n) is 7.85. The summed E-state index contributed by atoms with van der Waals surface area (Å²) in [6, 6.07) is 10.7. The molecule has 6 heteroatoms. The molecule has 1 saturated carbocycles. The van der Waals surface area contributed by atoms with E-state index in [1.54, 1.807) is 0 Å². The summed E-state index contributed by atoms with van der Waals surface area (Å²) in [4.78, 5) is 16.9. The van der Waals surface area contributed by atoms with Crippen LogP contribution in [-0.2, 0) is 16.1 Å². The van der Waals surface area contributed by atoms with Gasteiger partial charge in [-0.3, -0.25) is 9.69 Å². The first kappa shape index (κ1) is 19.3. The van der Waals surface area contributed by atoms with Crippen molar-refractivity contribution in [3.8, 4) is 0 Å². The Balaban J connectivity index is 1.59. The van der Waals surface area contributed by atoms with E-state index in [0.29, 0.717) is 25.8 Å². The summed E-state index contributed by atoms with van der Waals surface area (Å²) < 4.78 is 5.67. The summed E-state index contributed by atoms with van der Waals surface area (Å²) in [6.07, 6.45) is 1.82. The molecule has 1 atom stereocenters. The van der Waals surface area contributed by atoms with Gasteiger partial charge in [-0.15, -0.1) is 0 Å². The van der Waals surface area contributed by atoms with Crippen LogP contribution in [0.1, 0.15) is 18.4 Å². The van der Waals surface area contributed by atoms with Crippen molar-refractivity contribution in [1.29, 1.82) is 0 Å². The van der Waals surface area contributed by atoms with Gasteiger partial charge in [-0.05, 0) is 32.5 Å². The Morgan fingerprint density at radius 2 is 2.08 bits per heavy atom. The molecule has 1 aliphatic carbocycles. The number of aliphatic hydroxyl groups is 1. The number of hydrogen-bond donors (Lipinski definition) is 2. The topological polar surface area (TPSA) is 65.0 Å². The highest BCUT2D eigenvalue weighted by Crippen LogP contribution is 2.31. The number of nitrogens with one attached hydrogen (secondary N) is 1. The lowest BCUT2D eigenvalue weighted by molar-refractivity contribution is -0.132. The van der Waals surface area contributed by atoms with Gasteiger partial charge in [0.1, 0.15) is 0 Å². The minimum absolute atomic E-state index is 0.0366. The number of ether oxygens (including phenoxy) is 1. The number of amides is 1. The van der Waals surface area contributed by atoms with Crippen LogP contribution in [0.15, 0.2) is 30.3 Å². The number of carbonyl (C=O) groups is 1. The molecule has 2 N–H and O–H groups in total. The lowest BCUT2D eigenvalue weighted by Gasteiger charge is -2.46. The molecule has 1 heterocycles. The van der Waals surface area contributed by atoms with Gasteiger partial charge in [-0.2, -0.15) is 0 Å². The highest BCUT2D eigenvalue weighted by molar-refractivity contribution is 5.79. The molecular weight excluding hydrogens is 330 g/mol. The number of benzene rings is 1. The number of hydrogen-bond acceptors (Lipinski definition) is 5. The van der Waals surface area contributed by atoms with Crippen LogP contribution in [0, 0.1) is 5.92 Å². The maximum Gasteiger partial charge on any atom is 0.223 e. The second kappa shape index (κ2) is 8.48. The molecule has 1 unspecified atom stereocenters. The highest BCUT2D eigenvalue weighted by Gasteiger charge is 2.41. The highest BCUT2D eigenvalue weighted by atomic mass is 16.5. The molecule has 3 rings (SSSR count). The Labute approximate surface area is 156 Å². The molecule has 6 nitrogen and oxygen atoms in total. The monoisotopic (exact) mass is 361 g/mol. The van der Waals surface area contributed by atoms with E-state index in [9.17, 15) is 9.90 Å². The van der Waals surface area contributed by atoms with Gasteiger partial charge in [-0.25, -0.2) is 0 Å². The van der Waals surface area contributed by atoms with Crippen LogP contribution in [0.25, 0.3) is 0 Å². The molecule has 0 radical (unpaired) electrons. The number of rotatable bonds is 7. The van der Waals surface area contributed by atoms with E-state index in [0.717, 1.165) is 25.9 Å². The van der Waals surface area contributed by atoms with E-state index in [4.69, 9.17) is 4.74 Å². The van der Waals surface area contributed by atoms with E-state index >= 15 is 0 Å². The third kappa shape index (κ3) is 4.26. The maximum atomic E-state index is 12.5. The van der Waals surface area contributed by atoms with E-state index in [-0.39, 0.29) is 18.4 Å². The second-order valence-corrected chi connectivity index (χ2v) is 7.85. The predicted molar refractivity (Wildman–Crippen MR) is 101 cm³/mol. The zero-order valence-corrected chi connectivity index (χ0v) is 15.9. The fourth-order valence-corrected chi connectivity index (χ4v) is 3.80. The van der Waals surface area contributed by atoms with E-state index in [1.807, 2.05) is 18.2 Å². The zero-order chi connectivity index (χ0) is 18.6. The number of nitrogens with zero attached hydrogens (tertiary/aromatic N) is 2. The summed E-state index contributed by atoms with van der Waals surface area (Å²) in [5.41, 5.74) is 0.639. The molecule has 2 fully saturated rings. The van der Waals surface area contributed by atoms with Gasteiger partial charge < -0.3 is 20.1 Å². The Kier molecular flexibility index (Phi) is 6.29. The Hall–Kier alpha value is -1.47. The number of morpholine rings is 1. The summed E-state index contributed by atoms with van der Waals surface area (Å²) >= 11 is 0. The van der Waals surface area contributed by atoms with Crippen LogP contribution in [0.3, 0.4) is 0 Å². The van der Waals surface area contributed by atoms with Crippen LogP contribution in [0.2, 0.25) is 0 Å². The summed E-state index contributed by atoms with van der Waals surface area (Å²) in [5, 5.41) is 13.2. The van der Waals surface area contributed by atoms with E-state index in [1.165, 1.54) is 5.56 Å². The lowest BCUT2D eigenvalue weighted by atomic mass is 9.79. The predicted octanol–water partition coefficient (Wildman–Crippen LogP) is 0.706. The average molecular weight is 361 g/mol. The Bertz CT molecular complexity index is 589. The van der Waals surface area contributed by atoms with Gasteiger partial charge in [-0.1, -0.05) is 30.3 Å². The van der Waals surface area contributed by atoms with Gasteiger partial charge >= 0.3 is 0 Å². The standard InChI is InChI=1S/C20H31N3O3/c1-22(2)18-10-17(11-18)19(25)21-13-20(14-24)15-26-9-8-23(20)12-16-6-4-3-5-7-16/h3-7,17-18,24H,8-15H2,1-2H3,(H,21,25). The average Bonchev–Trinajstić information content (AvgIpc) is 2.60. The Morgan fingerprint density at radius 1 is 1.35 bits per heavy atom. The molecule has 1 amide bonds. The van der Waals surface area contributed by atoms with Crippen molar-refractivity contribution in [2.45, 2.75) is 31.0 Å². The third-order valence-corrected chi connectivity index (χ3v) is 5.86. The number of aliphatic hydroxyl groups excluding tert-OH is 1. The third-order valence-electron chi connectivity index (χ3n) is 5.86. The van der Waals surface area contributed by atoms with Crippen molar-refractivity contribution in [3.05, 3.63) is 35.9 Å². The normalized spacial score (nSPS) is 29.4. The lowest BCUT2D eigenvalue weighted by Crippen LogP contribution is -2.64. The number of carbonyl (C=O) groups excluding carboxylic acids is 1. The van der Waals surface area contributed by atoms with Gasteiger partial charge in [0.05, 0.1) is 25.4 Å². The first-order valence-corrected chi connectivity index (χ1v) is 9.46. The van der Waals surface area contributed by atoms with E-state index in [2.05, 4.69) is 41.3 Å². The van der Waals surface area contributed by atoms with Crippen molar-refractivity contribution in [1.82, 2.24) is 15.1 Å². The molecule has 1 saturated heterocycles. The molecular formula is C20H31N3O3. The molecule has 1 aromatic rings. The fraction of sp³-hybridized carbons (Fsp3) is 0.650. The van der Waals surface area contributed by atoms with Crippen molar-refractivity contribution >= 4 is 5.91 Å². The minimum atomic E-state index is -0.561. The van der Waals surface area contributed by atoms with Gasteiger partial charge in [0.25, 0.3) is 0 Å². The smallest absolute Gasteiger partial charge is 0.223 e. The summed E-state index contributed by atoms with van der Waals surface area (Å²) in [6.45, 7) is 2.95. The van der Waals surface area contributed by atoms with Crippen LogP contribution < -0.4 is 5.32 Å². The van der Waals surface area contributed by atoms with Crippen molar-refractivity contribution in [3.63, 3.8) is 0 Å². The molecule has 2 aliphatic rings. The van der Waals surface area contributed by atoms with Crippen LogP contribution in [0.5, 0.6) is 0 Å². The van der Waals surface area contributed by atoms with Gasteiger partial charge in [0.2, 0.25) is 5.91 Å². The maximum absolute atomic E-state index is 12.5. The van der Waals surface area contributed by atoms with Gasteiger partial charge in [0.15, 0.2) is 0 Å². The molecule has 1 aliphatic heterocycles. The van der Waals surface area contributed by atoms with Crippen LogP contribution in [-0.4, -0.2) is 79.4 Å². The minimum Gasteiger partial charge on any atom is -0.394 e. The Morgan fingerprint density at radius 3 is 2.73 bits per heavy atom. The first-order chi connectivity index (χ1) is 12.5. The van der Waals surface area contributed by atoms with Crippen molar-refractivity contribution in [2.75, 3.05) is 47.0 Å².